The molecule has 0 aliphatic heterocycles. The third-order valence-electron chi connectivity index (χ3n) is 2.57. The van der Waals surface area contributed by atoms with Crippen LogP contribution < -0.4 is 5.32 Å². The number of halogens is 4. The van der Waals surface area contributed by atoms with Crippen LogP contribution in [-0.2, 0) is 12.7 Å². The molecule has 1 aromatic carbocycles. The van der Waals surface area contributed by atoms with Crippen molar-refractivity contribution in [2.45, 2.75) is 19.6 Å². The zero-order valence-electron chi connectivity index (χ0n) is 10.4. The average molecular weight is 306 g/mol. The number of alkyl halides is 3. The van der Waals surface area contributed by atoms with Gasteiger partial charge in [-0.2, -0.15) is 17.9 Å². The Balaban J connectivity index is 2.44. The van der Waals surface area contributed by atoms with E-state index in [0.717, 1.165) is 12.1 Å². The van der Waals surface area contributed by atoms with Crippen molar-refractivity contribution < 1.29 is 13.2 Å². The molecule has 0 bridgehead atoms. The van der Waals surface area contributed by atoms with Gasteiger partial charge in [-0.1, -0.05) is 18.5 Å². The van der Waals surface area contributed by atoms with Gasteiger partial charge in [-0.05, 0) is 35.2 Å². The number of tetrazole rings is 1. The Hall–Kier alpha value is -1.67. The van der Waals surface area contributed by atoms with Crippen LogP contribution in [-0.4, -0.2) is 26.8 Å². The molecule has 5 nitrogen and oxygen atoms in total. The molecule has 2 aromatic rings. The molecular weight excluding hydrogens is 295 g/mol. The molecule has 1 N–H and O–H groups in total. The number of rotatable bonds is 4. The van der Waals surface area contributed by atoms with Crippen molar-refractivity contribution >= 4 is 11.6 Å². The second kappa shape index (κ2) is 5.76. The summed E-state index contributed by atoms with van der Waals surface area (Å²) in [6, 6.07) is 3.02. The van der Waals surface area contributed by atoms with E-state index in [2.05, 4.69) is 20.8 Å². The van der Waals surface area contributed by atoms with Crippen molar-refractivity contribution in [2.24, 2.45) is 0 Å². The second-order valence-corrected chi connectivity index (χ2v) is 4.36. The zero-order chi connectivity index (χ0) is 14.8. The van der Waals surface area contributed by atoms with Crippen LogP contribution in [0.4, 0.5) is 13.2 Å². The minimum atomic E-state index is -4.45. The maximum atomic E-state index is 12.7. The highest BCUT2D eigenvalue weighted by Crippen LogP contribution is 2.33. The highest BCUT2D eigenvalue weighted by atomic mass is 35.5. The van der Waals surface area contributed by atoms with E-state index in [0.29, 0.717) is 18.9 Å². The highest BCUT2D eigenvalue weighted by molar-refractivity contribution is 6.32. The van der Waals surface area contributed by atoms with Gasteiger partial charge in [0.05, 0.1) is 22.8 Å². The largest absolute Gasteiger partial charge is 0.416 e. The van der Waals surface area contributed by atoms with E-state index >= 15 is 0 Å². The predicted octanol–water partition coefficient (Wildman–Crippen LogP) is 2.44. The summed E-state index contributed by atoms with van der Waals surface area (Å²) in [5, 5.41) is 14.1. The third kappa shape index (κ3) is 3.07. The van der Waals surface area contributed by atoms with Gasteiger partial charge >= 0.3 is 6.18 Å². The molecule has 0 unspecified atom stereocenters. The fourth-order valence-electron chi connectivity index (χ4n) is 1.59. The Morgan fingerprint density at radius 1 is 1.35 bits per heavy atom. The lowest BCUT2D eigenvalue weighted by molar-refractivity contribution is -0.137. The molecule has 0 saturated carbocycles. The molecule has 0 aliphatic carbocycles. The van der Waals surface area contributed by atoms with Crippen molar-refractivity contribution in [1.29, 1.82) is 0 Å². The number of nitrogens with one attached hydrogen (secondary N) is 1. The fraction of sp³-hybridized carbons (Fsp3) is 0.364. The summed E-state index contributed by atoms with van der Waals surface area (Å²) >= 11 is 5.94. The average Bonchev–Trinajstić information content (AvgIpc) is 2.83. The molecule has 0 radical (unpaired) electrons. The van der Waals surface area contributed by atoms with Crippen molar-refractivity contribution in [3.8, 4) is 5.69 Å². The number of benzene rings is 1. The van der Waals surface area contributed by atoms with Crippen molar-refractivity contribution in [1.82, 2.24) is 25.5 Å². The lowest BCUT2D eigenvalue weighted by atomic mass is 10.2. The van der Waals surface area contributed by atoms with Crippen LogP contribution in [0, 0.1) is 0 Å². The number of hydrogen-bond donors (Lipinski definition) is 1. The molecule has 1 heterocycles. The molecule has 0 saturated heterocycles. The molecule has 1 aromatic heterocycles. The smallest absolute Gasteiger partial charge is 0.310 e. The Labute approximate surface area is 117 Å². The summed E-state index contributed by atoms with van der Waals surface area (Å²) in [4.78, 5) is 0. The minimum Gasteiger partial charge on any atom is -0.310 e. The Kier molecular flexibility index (Phi) is 4.24. The maximum Gasteiger partial charge on any atom is 0.416 e. The highest BCUT2D eigenvalue weighted by Gasteiger charge is 2.31. The van der Waals surface area contributed by atoms with Gasteiger partial charge < -0.3 is 5.32 Å². The molecule has 2 rings (SSSR count). The molecule has 20 heavy (non-hydrogen) atoms. The third-order valence-corrected chi connectivity index (χ3v) is 2.89. The molecule has 0 atom stereocenters. The Morgan fingerprint density at radius 3 is 2.75 bits per heavy atom. The second-order valence-electron chi connectivity index (χ2n) is 3.95. The molecule has 0 aliphatic rings. The topological polar surface area (TPSA) is 55.6 Å². The summed E-state index contributed by atoms with van der Waals surface area (Å²) in [7, 11) is 0. The zero-order valence-corrected chi connectivity index (χ0v) is 11.2. The van der Waals surface area contributed by atoms with Gasteiger partial charge in [0.25, 0.3) is 0 Å². The number of nitrogens with zero attached hydrogens (tertiary/aromatic N) is 4. The first kappa shape index (κ1) is 14.7. The first-order valence-electron chi connectivity index (χ1n) is 5.78. The SMILES string of the molecule is CCNCc1nnnn1-c1cc(C(F)(F)F)ccc1Cl. The fourth-order valence-corrected chi connectivity index (χ4v) is 1.79. The van der Waals surface area contributed by atoms with Gasteiger partial charge in [0, 0.05) is 0 Å². The summed E-state index contributed by atoms with van der Waals surface area (Å²) in [6.45, 7) is 2.91. The van der Waals surface area contributed by atoms with Gasteiger partial charge in [-0.25, -0.2) is 0 Å². The lowest BCUT2D eigenvalue weighted by Gasteiger charge is -2.11. The quantitative estimate of drug-likeness (QED) is 0.942. The monoisotopic (exact) mass is 305 g/mol. The standard InChI is InChI=1S/C11H11ClF3N5/c1-2-16-6-10-17-18-19-20(10)9-5-7(11(13,14)15)3-4-8(9)12/h3-5,16H,2,6H2,1H3. The van der Waals surface area contributed by atoms with E-state index in [1.54, 1.807) is 0 Å². The van der Waals surface area contributed by atoms with Gasteiger partial charge in [0.15, 0.2) is 5.82 Å². The number of hydrogen-bond acceptors (Lipinski definition) is 4. The molecular formula is C11H11ClF3N5. The van der Waals surface area contributed by atoms with Crippen LogP contribution in [0.1, 0.15) is 18.3 Å². The van der Waals surface area contributed by atoms with Crippen molar-refractivity contribution in [3.05, 3.63) is 34.6 Å². The predicted molar refractivity (Wildman–Crippen MR) is 66.5 cm³/mol. The minimum absolute atomic E-state index is 0.0967. The first-order chi connectivity index (χ1) is 9.43. The van der Waals surface area contributed by atoms with Crippen LogP contribution >= 0.6 is 11.6 Å². The van der Waals surface area contributed by atoms with E-state index in [1.807, 2.05) is 6.92 Å². The van der Waals surface area contributed by atoms with Crippen molar-refractivity contribution in [2.75, 3.05) is 6.54 Å². The molecule has 0 spiro atoms. The van der Waals surface area contributed by atoms with Crippen LogP contribution in [0.5, 0.6) is 0 Å². The molecule has 0 amide bonds. The normalized spacial score (nSPS) is 11.8. The van der Waals surface area contributed by atoms with Crippen LogP contribution in [0.2, 0.25) is 5.02 Å². The summed E-state index contributed by atoms with van der Waals surface area (Å²) in [5.41, 5.74) is -0.707. The van der Waals surface area contributed by atoms with E-state index in [-0.39, 0.29) is 10.7 Å². The summed E-state index contributed by atoms with van der Waals surface area (Å²) in [5.74, 6) is 0.382. The summed E-state index contributed by atoms with van der Waals surface area (Å²) < 4.78 is 39.4. The number of aromatic nitrogens is 4. The lowest BCUT2D eigenvalue weighted by Crippen LogP contribution is -2.17. The van der Waals surface area contributed by atoms with Crippen LogP contribution in [0.3, 0.4) is 0 Å². The van der Waals surface area contributed by atoms with Gasteiger partial charge in [-0.3, -0.25) is 0 Å². The van der Waals surface area contributed by atoms with E-state index in [9.17, 15) is 13.2 Å². The van der Waals surface area contributed by atoms with E-state index in [1.165, 1.54) is 10.7 Å². The van der Waals surface area contributed by atoms with Crippen LogP contribution in [0.15, 0.2) is 18.2 Å². The first-order valence-corrected chi connectivity index (χ1v) is 6.16. The van der Waals surface area contributed by atoms with Gasteiger partial charge in [0.1, 0.15) is 0 Å². The van der Waals surface area contributed by atoms with Crippen LogP contribution in [0.25, 0.3) is 5.69 Å². The molecule has 108 valence electrons. The van der Waals surface area contributed by atoms with Crippen molar-refractivity contribution in [3.63, 3.8) is 0 Å². The molecule has 0 fully saturated rings. The maximum absolute atomic E-state index is 12.7. The summed E-state index contributed by atoms with van der Waals surface area (Å²) in [6.07, 6.45) is -4.45. The Bertz CT molecular complexity index is 596. The Morgan fingerprint density at radius 2 is 2.10 bits per heavy atom. The van der Waals surface area contributed by atoms with Gasteiger partial charge in [-0.15, -0.1) is 5.10 Å². The molecule has 9 heteroatoms. The van der Waals surface area contributed by atoms with E-state index in [4.69, 9.17) is 11.6 Å². The van der Waals surface area contributed by atoms with Gasteiger partial charge in [0.2, 0.25) is 0 Å². The van der Waals surface area contributed by atoms with E-state index < -0.39 is 11.7 Å².